The molecule has 3 heterocycles. The third kappa shape index (κ3) is 2.68. The summed E-state index contributed by atoms with van der Waals surface area (Å²) in [5, 5.41) is 15.4. The third-order valence-corrected chi connectivity index (χ3v) is 4.94. The van der Waals surface area contributed by atoms with Gasteiger partial charge in [-0.1, -0.05) is 18.5 Å². The smallest absolute Gasteiger partial charge is 0.169 e. The third-order valence-electron chi connectivity index (χ3n) is 3.64. The van der Waals surface area contributed by atoms with E-state index in [9.17, 15) is 0 Å². The lowest BCUT2D eigenvalue weighted by atomic mass is 10.1. The molecule has 0 spiro atoms. The van der Waals surface area contributed by atoms with Gasteiger partial charge in [-0.15, -0.1) is 21.5 Å². The fraction of sp³-hybridized carbons (Fsp3) is 0.538. The van der Waals surface area contributed by atoms with Crippen molar-refractivity contribution in [2.24, 2.45) is 0 Å². The van der Waals surface area contributed by atoms with Crippen LogP contribution in [-0.2, 0) is 0 Å². The number of likely N-dealkylation sites (tertiary alicyclic amines) is 1. The molecule has 4 nitrogen and oxygen atoms in total. The van der Waals surface area contributed by atoms with Crippen molar-refractivity contribution in [3.8, 4) is 0 Å². The highest BCUT2D eigenvalue weighted by molar-refractivity contribution is 7.17. The van der Waals surface area contributed by atoms with Crippen LogP contribution in [0.3, 0.4) is 0 Å². The van der Waals surface area contributed by atoms with Gasteiger partial charge in [-0.05, 0) is 37.4 Å². The molecule has 1 aliphatic heterocycles. The molecule has 1 aliphatic rings. The van der Waals surface area contributed by atoms with Gasteiger partial charge >= 0.3 is 0 Å². The number of piperidine rings is 1. The quantitative estimate of drug-likeness (QED) is 0.944. The lowest BCUT2D eigenvalue weighted by Gasteiger charge is -2.32. The fourth-order valence-electron chi connectivity index (χ4n) is 2.61. The van der Waals surface area contributed by atoms with Crippen molar-refractivity contribution in [3.05, 3.63) is 16.6 Å². The highest BCUT2D eigenvalue weighted by Crippen LogP contribution is 2.31. The molecule has 1 fully saturated rings. The monoisotopic (exact) mass is 296 g/mol. The molecule has 0 aromatic carbocycles. The molecule has 2 aromatic heterocycles. The zero-order chi connectivity index (χ0) is 13.2. The first-order valence-electron chi connectivity index (χ1n) is 6.66. The predicted molar refractivity (Wildman–Crippen MR) is 81.2 cm³/mol. The van der Waals surface area contributed by atoms with Crippen LogP contribution in [0.25, 0.3) is 10.1 Å². The number of thiophene rings is 1. The topological polar surface area (TPSA) is 41.0 Å². The number of anilines is 1. The van der Waals surface area contributed by atoms with Crippen LogP contribution in [0.15, 0.2) is 11.4 Å². The molecular weight excluding hydrogens is 280 g/mol. The SMILES string of the molecule is CCN1CCCC(Nc2nnc(Cl)c3sccc23)C1. The summed E-state index contributed by atoms with van der Waals surface area (Å²) >= 11 is 7.67. The summed E-state index contributed by atoms with van der Waals surface area (Å²) in [6.45, 7) is 5.60. The highest BCUT2D eigenvalue weighted by atomic mass is 35.5. The molecule has 6 heteroatoms. The van der Waals surface area contributed by atoms with Gasteiger partial charge in [-0.25, -0.2) is 0 Å². The summed E-state index contributed by atoms with van der Waals surface area (Å²) in [4.78, 5) is 2.47. The summed E-state index contributed by atoms with van der Waals surface area (Å²) in [7, 11) is 0. The Balaban J connectivity index is 1.81. The number of hydrogen-bond donors (Lipinski definition) is 1. The van der Waals surface area contributed by atoms with Crippen LogP contribution in [0, 0.1) is 0 Å². The molecule has 0 radical (unpaired) electrons. The van der Waals surface area contributed by atoms with Crippen LogP contribution in [0.1, 0.15) is 19.8 Å². The van der Waals surface area contributed by atoms with Gasteiger partial charge in [0.2, 0.25) is 0 Å². The maximum atomic E-state index is 6.06. The van der Waals surface area contributed by atoms with Crippen molar-refractivity contribution in [2.45, 2.75) is 25.8 Å². The van der Waals surface area contributed by atoms with Gasteiger partial charge in [0.1, 0.15) is 0 Å². The standard InChI is InChI=1S/C13H17ClN4S/c1-2-18-6-3-4-9(8-18)15-13-10-5-7-19-11(10)12(14)16-17-13/h5,7,9H,2-4,6,8H2,1H3,(H,15,17). The summed E-state index contributed by atoms with van der Waals surface area (Å²) in [5.74, 6) is 0.864. The Morgan fingerprint density at radius 3 is 3.26 bits per heavy atom. The van der Waals surface area contributed by atoms with E-state index in [0.29, 0.717) is 11.2 Å². The molecule has 3 rings (SSSR count). The molecule has 1 unspecified atom stereocenters. The van der Waals surface area contributed by atoms with Crippen molar-refractivity contribution < 1.29 is 0 Å². The second-order valence-corrected chi connectivity index (χ2v) is 6.15. The van der Waals surface area contributed by atoms with E-state index in [1.807, 2.05) is 5.38 Å². The number of hydrogen-bond acceptors (Lipinski definition) is 5. The second-order valence-electron chi connectivity index (χ2n) is 4.88. The van der Waals surface area contributed by atoms with Crippen molar-refractivity contribution in [3.63, 3.8) is 0 Å². The summed E-state index contributed by atoms with van der Waals surface area (Å²) in [6, 6.07) is 2.51. The summed E-state index contributed by atoms with van der Waals surface area (Å²) in [6.07, 6.45) is 2.42. The highest BCUT2D eigenvalue weighted by Gasteiger charge is 2.20. The normalized spacial score (nSPS) is 20.8. The molecule has 2 aromatic rings. The first-order chi connectivity index (χ1) is 9.28. The molecule has 19 heavy (non-hydrogen) atoms. The molecule has 0 amide bonds. The van der Waals surface area contributed by atoms with Gasteiger partial charge in [-0.2, -0.15) is 0 Å². The average Bonchev–Trinajstić information content (AvgIpc) is 2.93. The fourth-order valence-corrected chi connectivity index (χ4v) is 3.65. The van der Waals surface area contributed by atoms with Crippen LogP contribution in [-0.4, -0.2) is 40.8 Å². The molecular formula is C13H17ClN4S. The van der Waals surface area contributed by atoms with Crippen LogP contribution in [0.4, 0.5) is 5.82 Å². The van der Waals surface area contributed by atoms with Gasteiger partial charge in [0.25, 0.3) is 0 Å². The van der Waals surface area contributed by atoms with E-state index in [1.165, 1.54) is 19.4 Å². The number of nitrogens with zero attached hydrogens (tertiary/aromatic N) is 3. The minimum absolute atomic E-state index is 0.451. The van der Waals surface area contributed by atoms with Gasteiger partial charge in [0, 0.05) is 18.0 Å². The summed E-state index contributed by atoms with van der Waals surface area (Å²) in [5.41, 5.74) is 0. The van der Waals surface area contributed by atoms with E-state index in [1.54, 1.807) is 11.3 Å². The Morgan fingerprint density at radius 2 is 2.42 bits per heavy atom. The first-order valence-corrected chi connectivity index (χ1v) is 7.92. The number of nitrogens with one attached hydrogen (secondary N) is 1. The van der Waals surface area contributed by atoms with Crippen molar-refractivity contribution >= 4 is 38.8 Å². The second kappa shape index (κ2) is 5.61. The van der Waals surface area contributed by atoms with Crippen molar-refractivity contribution in [2.75, 3.05) is 25.0 Å². The number of halogens is 1. The Bertz CT molecular complexity index is 571. The van der Waals surface area contributed by atoms with E-state index < -0.39 is 0 Å². The average molecular weight is 297 g/mol. The Kier molecular flexibility index (Phi) is 3.86. The molecule has 102 valence electrons. The van der Waals surface area contributed by atoms with Gasteiger partial charge in [0.05, 0.1) is 4.70 Å². The lowest BCUT2D eigenvalue weighted by Crippen LogP contribution is -2.42. The number of likely N-dealkylation sites (N-methyl/N-ethyl adjacent to an activating group) is 1. The number of aromatic nitrogens is 2. The van der Waals surface area contributed by atoms with E-state index in [-0.39, 0.29) is 0 Å². The van der Waals surface area contributed by atoms with E-state index in [0.717, 1.165) is 29.0 Å². The number of fused-ring (bicyclic) bond motifs is 1. The van der Waals surface area contributed by atoms with Crippen molar-refractivity contribution in [1.29, 1.82) is 0 Å². The maximum absolute atomic E-state index is 6.06. The van der Waals surface area contributed by atoms with Gasteiger partial charge in [0.15, 0.2) is 11.0 Å². The largest absolute Gasteiger partial charge is 0.364 e. The Labute approximate surface area is 121 Å². The molecule has 1 atom stereocenters. The van der Waals surface area contributed by atoms with Crippen molar-refractivity contribution in [1.82, 2.24) is 15.1 Å². The Morgan fingerprint density at radius 1 is 1.53 bits per heavy atom. The minimum Gasteiger partial charge on any atom is -0.364 e. The zero-order valence-corrected chi connectivity index (χ0v) is 12.5. The maximum Gasteiger partial charge on any atom is 0.169 e. The molecule has 0 aliphatic carbocycles. The minimum atomic E-state index is 0.451. The van der Waals surface area contributed by atoms with E-state index >= 15 is 0 Å². The molecule has 1 saturated heterocycles. The van der Waals surface area contributed by atoms with Crippen LogP contribution >= 0.6 is 22.9 Å². The van der Waals surface area contributed by atoms with E-state index in [2.05, 4.69) is 33.4 Å². The van der Waals surface area contributed by atoms with E-state index in [4.69, 9.17) is 11.6 Å². The lowest BCUT2D eigenvalue weighted by molar-refractivity contribution is 0.226. The zero-order valence-electron chi connectivity index (χ0n) is 10.9. The summed E-state index contributed by atoms with van der Waals surface area (Å²) < 4.78 is 1.02. The van der Waals surface area contributed by atoms with Crippen LogP contribution in [0.2, 0.25) is 5.15 Å². The van der Waals surface area contributed by atoms with Crippen LogP contribution < -0.4 is 5.32 Å². The van der Waals surface area contributed by atoms with Crippen LogP contribution in [0.5, 0.6) is 0 Å². The van der Waals surface area contributed by atoms with Gasteiger partial charge in [-0.3, -0.25) is 0 Å². The van der Waals surface area contributed by atoms with Gasteiger partial charge < -0.3 is 10.2 Å². The number of rotatable bonds is 3. The predicted octanol–water partition coefficient (Wildman–Crippen LogP) is 3.24. The first kappa shape index (κ1) is 13.1. The molecule has 0 saturated carbocycles. The molecule has 0 bridgehead atoms. The Hall–Kier alpha value is -0.910. The molecule has 1 N–H and O–H groups in total.